The molecule has 0 spiro atoms. The molecule has 0 aromatic rings. The summed E-state index contributed by atoms with van der Waals surface area (Å²) in [7, 11) is 0. The number of nitrogens with one attached hydrogen (secondary N) is 1. The van der Waals surface area contributed by atoms with Crippen molar-refractivity contribution in [2.75, 3.05) is 13.2 Å². The lowest BCUT2D eigenvalue weighted by Crippen LogP contribution is -2.52. The first-order chi connectivity index (χ1) is 7.72. The number of hydrogen-bond donors (Lipinski definition) is 3. The van der Waals surface area contributed by atoms with Crippen LogP contribution in [0.5, 0.6) is 0 Å². The van der Waals surface area contributed by atoms with Crippen molar-refractivity contribution in [3.8, 4) is 0 Å². The Morgan fingerprint density at radius 3 is 2.38 bits per heavy atom. The van der Waals surface area contributed by atoms with Crippen LogP contribution in [0.1, 0.15) is 51.4 Å². The number of aliphatic hydroxyl groups is 2. The van der Waals surface area contributed by atoms with Gasteiger partial charge in [0.2, 0.25) is 5.91 Å². The topological polar surface area (TPSA) is 69.6 Å². The minimum absolute atomic E-state index is 0.00407. The maximum Gasteiger partial charge on any atom is 0.220 e. The quantitative estimate of drug-likeness (QED) is 0.594. The Morgan fingerprint density at radius 2 is 1.81 bits per heavy atom. The molecule has 0 unspecified atom stereocenters. The van der Waals surface area contributed by atoms with Crippen LogP contribution in [0.4, 0.5) is 0 Å². The molecule has 4 nitrogen and oxygen atoms in total. The van der Waals surface area contributed by atoms with Gasteiger partial charge >= 0.3 is 0 Å². The molecule has 0 atom stereocenters. The number of hydrogen-bond acceptors (Lipinski definition) is 3. The van der Waals surface area contributed by atoms with E-state index in [9.17, 15) is 9.90 Å². The number of carbonyl (C=O) groups is 1. The third kappa shape index (κ3) is 4.10. The van der Waals surface area contributed by atoms with Crippen LogP contribution in [0.3, 0.4) is 0 Å². The van der Waals surface area contributed by atoms with Crippen LogP contribution in [0, 0.1) is 0 Å². The van der Waals surface area contributed by atoms with Crippen molar-refractivity contribution in [3.05, 3.63) is 0 Å². The third-order valence-corrected chi connectivity index (χ3v) is 3.33. The van der Waals surface area contributed by atoms with Gasteiger partial charge in [0.25, 0.3) is 0 Å². The van der Waals surface area contributed by atoms with Crippen molar-refractivity contribution >= 4 is 5.91 Å². The molecular formula is C12H23NO3. The number of aliphatic hydroxyl groups excluding tert-OH is 2. The molecule has 1 saturated carbocycles. The van der Waals surface area contributed by atoms with E-state index in [1.54, 1.807) is 0 Å². The maximum absolute atomic E-state index is 11.6. The van der Waals surface area contributed by atoms with Gasteiger partial charge in [-0.2, -0.15) is 0 Å². The number of amides is 1. The Hall–Kier alpha value is -0.610. The molecule has 0 aromatic carbocycles. The summed E-state index contributed by atoms with van der Waals surface area (Å²) in [6.45, 7) is 0.178. The van der Waals surface area contributed by atoms with Gasteiger partial charge in [0, 0.05) is 13.0 Å². The van der Waals surface area contributed by atoms with Gasteiger partial charge in [0.05, 0.1) is 12.1 Å². The summed E-state index contributed by atoms with van der Waals surface area (Å²) >= 11 is 0. The predicted octanol–water partition coefficient (Wildman–Crippen LogP) is 0.960. The van der Waals surface area contributed by atoms with Crippen LogP contribution in [-0.4, -0.2) is 34.9 Å². The zero-order valence-corrected chi connectivity index (χ0v) is 9.87. The van der Waals surface area contributed by atoms with Gasteiger partial charge in [0.15, 0.2) is 0 Å². The van der Waals surface area contributed by atoms with Crippen LogP contribution >= 0.6 is 0 Å². The zero-order valence-electron chi connectivity index (χ0n) is 9.87. The highest BCUT2D eigenvalue weighted by atomic mass is 16.3. The van der Waals surface area contributed by atoms with Gasteiger partial charge in [0.1, 0.15) is 0 Å². The van der Waals surface area contributed by atoms with Crippen molar-refractivity contribution in [1.29, 1.82) is 0 Å². The molecule has 0 aliphatic heterocycles. The van der Waals surface area contributed by atoms with Gasteiger partial charge in [-0.1, -0.05) is 19.3 Å². The standard InChI is InChI=1S/C12H23NO3/c14-9-5-2-6-11(16)13-12(10-15)7-3-1-4-8-12/h14-15H,1-10H2,(H,13,16). The molecule has 4 heteroatoms. The highest BCUT2D eigenvalue weighted by Crippen LogP contribution is 2.27. The lowest BCUT2D eigenvalue weighted by Gasteiger charge is -2.36. The van der Waals surface area contributed by atoms with E-state index in [0.29, 0.717) is 19.3 Å². The van der Waals surface area contributed by atoms with E-state index in [0.717, 1.165) is 25.7 Å². The predicted molar refractivity (Wildman–Crippen MR) is 62.0 cm³/mol. The van der Waals surface area contributed by atoms with E-state index in [2.05, 4.69) is 5.32 Å². The lowest BCUT2D eigenvalue weighted by atomic mass is 9.82. The minimum atomic E-state index is -0.367. The second-order valence-electron chi connectivity index (χ2n) is 4.73. The Labute approximate surface area is 97.0 Å². The summed E-state index contributed by atoms with van der Waals surface area (Å²) in [5.74, 6) is 0.00407. The summed E-state index contributed by atoms with van der Waals surface area (Å²) < 4.78 is 0. The fourth-order valence-electron chi connectivity index (χ4n) is 2.31. The first-order valence-electron chi connectivity index (χ1n) is 6.25. The first kappa shape index (κ1) is 13.5. The summed E-state index contributed by atoms with van der Waals surface area (Å²) in [6.07, 6.45) is 6.95. The Morgan fingerprint density at radius 1 is 1.12 bits per heavy atom. The highest BCUT2D eigenvalue weighted by Gasteiger charge is 2.32. The molecule has 1 fully saturated rings. The molecule has 1 rings (SSSR count). The van der Waals surface area contributed by atoms with Crippen molar-refractivity contribution in [1.82, 2.24) is 5.32 Å². The van der Waals surface area contributed by atoms with Crippen LogP contribution in [0.25, 0.3) is 0 Å². The Bertz CT molecular complexity index is 212. The van der Waals surface area contributed by atoms with Crippen LogP contribution in [-0.2, 0) is 4.79 Å². The average molecular weight is 229 g/mol. The minimum Gasteiger partial charge on any atom is -0.396 e. The molecule has 3 N–H and O–H groups in total. The van der Waals surface area contributed by atoms with E-state index in [1.165, 1.54) is 6.42 Å². The number of carbonyl (C=O) groups excluding carboxylic acids is 1. The van der Waals surface area contributed by atoms with E-state index in [-0.39, 0.29) is 24.7 Å². The number of rotatable bonds is 6. The van der Waals surface area contributed by atoms with Gasteiger partial charge in [-0.3, -0.25) is 4.79 Å². The van der Waals surface area contributed by atoms with Gasteiger partial charge < -0.3 is 15.5 Å². The van der Waals surface area contributed by atoms with Gasteiger partial charge in [-0.25, -0.2) is 0 Å². The van der Waals surface area contributed by atoms with Crippen molar-refractivity contribution in [2.45, 2.75) is 56.9 Å². The normalized spacial score (nSPS) is 19.4. The van der Waals surface area contributed by atoms with E-state index in [1.807, 2.05) is 0 Å². The molecule has 0 heterocycles. The molecule has 94 valence electrons. The second kappa shape index (κ2) is 6.86. The second-order valence-corrected chi connectivity index (χ2v) is 4.73. The van der Waals surface area contributed by atoms with Crippen LogP contribution < -0.4 is 5.32 Å². The summed E-state index contributed by atoms with van der Waals surface area (Å²) in [5, 5.41) is 21.0. The van der Waals surface area contributed by atoms with E-state index >= 15 is 0 Å². The van der Waals surface area contributed by atoms with Gasteiger partial charge in [-0.05, 0) is 25.7 Å². The van der Waals surface area contributed by atoms with Crippen molar-refractivity contribution < 1.29 is 15.0 Å². The largest absolute Gasteiger partial charge is 0.396 e. The molecule has 1 amide bonds. The van der Waals surface area contributed by atoms with Crippen molar-refractivity contribution in [3.63, 3.8) is 0 Å². The molecule has 0 bridgehead atoms. The Balaban J connectivity index is 2.33. The fourth-order valence-corrected chi connectivity index (χ4v) is 2.31. The summed E-state index contributed by atoms with van der Waals surface area (Å²) in [6, 6.07) is 0. The van der Waals surface area contributed by atoms with E-state index < -0.39 is 0 Å². The zero-order chi connectivity index (χ0) is 11.9. The first-order valence-corrected chi connectivity index (χ1v) is 6.25. The maximum atomic E-state index is 11.6. The smallest absolute Gasteiger partial charge is 0.220 e. The van der Waals surface area contributed by atoms with E-state index in [4.69, 9.17) is 5.11 Å². The van der Waals surface area contributed by atoms with Crippen LogP contribution in [0.15, 0.2) is 0 Å². The van der Waals surface area contributed by atoms with Crippen LogP contribution in [0.2, 0.25) is 0 Å². The van der Waals surface area contributed by atoms with Crippen molar-refractivity contribution in [2.24, 2.45) is 0 Å². The monoisotopic (exact) mass is 229 g/mol. The molecular weight excluding hydrogens is 206 g/mol. The third-order valence-electron chi connectivity index (χ3n) is 3.33. The summed E-state index contributed by atoms with van der Waals surface area (Å²) in [5.41, 5.74) is -0.367. The Kier molecular flexibility index (Phi) is 5.77. The van der Waals surface area contributed by atoms with Gasteiger partial charge in [-0.15, -0.1) is 0 Å². The SMILES string of the molecule is O=C(CCCCO)NC1(CO)CCCCC1. The highest BCUT2D eigenvalue weighted by molar-refractivity contribution is 5.76. The number of unbranched alkanes of at least 4 members (excludes halogenated alkanes) is 1. The lowest BCUT2D eigenvalue weighted by molar-refractivity contribution is -0.124. The molecule has 1 aliphatic rings. The average Bonchev–Trinajstić information content (AvgIpc) is 2.30. The fraction of sp³-hybridized carbons (Fsp3) is 0.917. The molecule has 0 aromatic heterocycles. The molecule has 0 saturated heterocycles. The molecule has 16 heavy (non-hydrogen) atoms. The summed E-state index contributed by atoms with van der Waals surface area (Å²) in [4.78, 5) is 11.6. The molecule has 1 aliphatic carbocycles. The molecule has 0 radical (unpaired) electrons.